The van der Waals surface area contributed by atoms with E-state index >= 15 is 0 Å². The van der Waals surface area contributed by atoms with Gasteiger partial charge in [-0.2, -0.15) is 0 Å². The minimum Gasteiger partial charge on any atom is -0.386 e. The maximum absolute atomic E-state index is 5.91. The van der Waals surface area contributed by atoms with Gasteiger partial charge >= 0.3 is 0 Å². The molecular weight excluding hydrogens is 256 g/mol. The van der Waals surface area contributed by atoms with Crippen LogP contribution in [0.2, 0.25) is 0 Å². The third-order valence-corrected chi connectivity index (χ3v) is 4.27. The average Bonchev–Trinajstić information content (AvgIpc) is 2.42. The zero-order chi connectivity index (χ0) is 15.8. The number of aliphatic imine (C=N–C) groups is 1. The molecule has 0 aliphatic heterocycles. The zero-order valence-electron chi connectivity index (χ0n) is 14.0. The van der Waals surface area contributed by atoms with E-state index in [2.05, 4.69) is 50.8 Å². The van der Waals surface area contributed by atoms with E-state index in [-0.39, 0.29) is 0 Å². The van der Waals surface area contributed by atoms with Gasteiger partial charge in [-0.3, -0.25) is 0 Å². The van der Waals surface area contributed by atoms with Crippen LogP contribution in [-0.2, 0) is 0 Å². The molecule has 1 aliphatic rings. The molecule has 1 rings (SSSR count). The van der Waals surface area contributed by atoms with Crippen LogP contribution in [0.3, 0.4) is 0 Å². The number of hydrogen-bond acceptors (Lipinski definition) is 1. The highest BCUT2D eigenvalue weighted by atomic mass is 14.9. The van der Waals surface area contributed by atoms with Crippen LogP contribution in [0.4, 0.5) is 0 Å². The lowest BCUT2D eigenvalue weighted by atomic mass is 9.83. The molecule has 1 aliphatic carbocycles. The van der Waals surface area contributed by atoms with Crippen molar-refractivity contribution in [3.05, 3.63) is 23.4 Å². The predicted molar refractivity (Wildman–Crippen MR) is 92.9 cm³/mol. The maximum Gasteiger partial charge on any atom is 0.111 e. The topological polar surface area (TPSA) is 38.4 Å². The largest absolute Gasteiger partial charge is 0.386 e. The van der Waals surface area contributed by atoms with E-state index in [9.17, 15) is 0 Å². The molecule has 0 aromatic carbocycles. The summed E-state index contributed by atoms with van der Waals surface area (Å²) in [6.45, 7) is 9.04. The summed E-state index contributed by atoms with van der Waals surface area (Å²) in [5.74, 6) is 4.56. The maximum atomic E-state index is 5.91. The fraction of sp³-hybridized carbons (Fsp3) is 0.632. The van der Waals surface area contributed by atoms with Gasteiger partial charge in [-0.25, -0.2) is 4.99 Å². The first-order valence-corrected chi connectivity index (χ1v) is 8.15. The second-order valence-electron chi connectivity index (χ2n) is 6.33. The quantitative estimate of drug-likeness (QED) is 0.339. The standard InChI is InChI=1S/C19H30N2/c1-6-8-10-17-11-14(3)15(4)13-18(16(5)12-17)21-19(20)9-7-2/h2,12-16H,6,8-11H2,1,3-5H3,(H2,20,21)/b17-12-,18-13+. The number of rotatable bonds is 5. The van der Waals surface area contributed by atoms with Gasteiger partial charge in [-0.05, 0) is 31.1 Å². The summed E-state index contributed by atoms with van der Waals surface area (Å²) in [4.78, 5) is 4.58. The van der Waals surface area contributed by atoms with Crippen LogP contribution in [0, 0.1) is 30.1 Å². The SMILES string of the molecule is C#CCC(N)=N/C1=C/C(C)C(C)C/C(CCCC)=C\C1C. The molecule has 0 saturated carbocycles. The Bertz CT molecular complexity index is 462. The zero-order valence-corrected chi connectivity index (χ0v) is 14.0. The molecule has 2 N–H and O–H groups in total. The summed E-state index contributed by atoms with van der Waals surface area (Å²) in [5, 5.41) is 0. The lowest BCUT2D eigenvalue weighted by Crippen LogP contribution is -2.15. The first-order chi connectivity index (χ1) is 9.97. The van der Waals surface area contributed by atoms with E-state index in [1.54, 1.807) is 5.57 Å². The molecular formula is C19H30N2. The molecule has 0 aromatic rings. The van der Waals surface area contributed by atoms with Crippen LogP contribution in [0.5, 0.6) is 0 Å². The number of nitrogens with two attached hydrogens (primary N) is 1. The molecule has 0 bridgehead atoms. The van der Waals surface area contributed by atoms with Crippen molar-refractivity contribution in [3.8, 4) is 12.3 Å². The minimum atomic E-state index is 0.308. The molecule has 0 radical (unpaired) electrons. The number of unbranched alkanes of at least 4 members (excludes halogenated alkanes) is 1. The first-order valence-electron chi connectivity index (χ1n) is 8.15. The van der Waals surface area contributed by atoms with Gasteiger partial charge in [0.2, 0.25) is 0 Å². The molecule has 2 heteroatoms. The van der Waals surface area contributed by atoms with Crippen LogP contribution in [0.15, 0.2) is 28.4 Å². The summed E-state index contributed by atoms with van der Waals surface area (Å²) < 4.78 is 0. The summed E-state index contributed by atoms with van der Waals surface area (Å²) in [5.41, 5.74) is 8.54. The van der Waals surface area contributed by atoms with Crippen molar-refractivity contribution in [2.24, 2.45) is 28.5 Å². The van der Waals surface area contributed by atoms with Gasteiger partial charge in [0.25, 0.3) is 0 Å². The fourth-order valence-corrected chi connectivity index (χ4v) is 2.73. The molecule has 3 unspecified atom stereocenters. The Kier molecular flexibility index (Phi) is 7.29. The number of hydrogen-bond donors (Lipinski definition) is 1. The Labute approximate surface area is 130 Å². The van der Waals surface area contributed by atoms with E-state index in [4.69, 9.17) is 12.2 Å². The molecule has 0 heterocycles. The van der Waals surface area contributed by atoms with Gasteiger partial charge < -0.3 is 5.73 Å². The van der Waals surface area contributed by atoms with E-state index in [0.29, 0.717) is 30.0 Å². The Morgan fingerprint density at radius 2 is 2.10 bits per heavy atom. The van der Waals surface area contributed by atoms with Crippen molar-refractivity contribution in [3.63, 3.8) is 0 Å². The van der Waals surface area contributed by atoms with Crippen molar-refractivity contribution in [2.75, 3.05) is 0 Å². The van der Waals surface area contributed by atoms with Crippen molar-refractivity contribution >= 4 is 5.84 Å². The van der Waals surface area contributed by atoms with Gasteiger partial charge in [-0.15, -0.1) is 6.42 Å². The Morgan fingerprint density at radius 1 is 1.38 bits per heavy atom. The van der Waals surface area contributed by atoms with Crippen LogP contribution in [0.25, 0.3) is 0 Å². The molecule has 0 fully saturated rings. The van der Waals surface area contributed by atoms with E-state index in [0.717, 1.165) is 5.70 Å². The number of nitrogens with zero attached hydrogens (tertiary/aromatic N) is 1. The lowest BCUT2D eigenvalue weighted by Gasteiger charge is -2.24. The van der Waals surface area contributed by atoms with Gasteiger partial charge in [0, 0.05) is 11.6 Å². The van der Waals surface area contributed by atoms with Crippen LogP contribution in [0.1, 0.15) is 59.8 Å². The Balaban J connectivity index is 3.03. The number of amidine groups is 1. The van der Waals surface area contributed by atoms with Crippen molar-refractivity contribution in [1.82, 2.24) is 0 Å². The average molecular weight is 286 g/mol. The highest BCUT2D eigenvalue weighted by molar-refractivity contribution is 5.83. The van der Waals surface area contributed by atoms with E-state index < -0.39 is 0 Å². The molecule has 0 saturated heterocycles. The second-order valence-corrected chi connectivity index (χ2v) is 6.33. The second kappa shape index (κ2) is 8.72. The van der Waals surface area contributed by atoms with Gasteiger partial charge in [0.05, 0.1) is 6.42 Å². The fourth-order valence-electron chi connectivity index (χ4n) is 2.73. The Hall–Kier alpha value is -1.49. The third kappa shape index (κ3) is 5.79. The normalized spacial score (nSPS) is 32.1. The van der Waals surface area contributed by atoms with Gasteiger partial charge in [-0.1, -0.05) is 57.8 Å². The summed E-state index contributed by atoms with van der Waals surface area (Å²) in [7, 11) is 0. The van der Waals surface area contributed by atoms with Gasteiger partial charge in [0.15, 0.2) is 0 Å². The Morgan fingerprint density at radius 3 is 2.71 bits per heavy atom. The smallest absolute Gasteiger partial charge is 0.111 e. The van der Waals surface area contributed by atoms with Crippen molar-refractivity contribution in [1.29, 1.82) is 0 Å². The molecule has 0 aromatic heterocycles. The van der Waals surface area contributed by atoms with Crippen LogP contribution >= 0.6 is 0 Å². The monoisotopic (exact) mass is 286 g/mol. The molecule has 0 spiro atoms. The highest BCUT2D eigenvalue weighted by Crippen LogP contribution is 2.31. The number of allylic oxidation sites excluding steroid dienone is 3. The summed E-state index contributed by atoms with van der Waals surface area (Å²) in [6.07, 6.45) is 15.3. The van der Waals surface area contributed by atoms with E-state index in [1.807, 2.05) is 0 Å². The predicted octanol–water partition coefficient (Wildman–Crippen LogP) is 4.68. The number of terminal acetylenes is 1. The molecule has 116 valence electrons. The molecule has 21 heavy (non-hydrogen) atoms. The highest BCUT2D eigenvalue weighted by Gasteiger charge is 2.19. The van der Waals surface area contributed by atoms with Crippen LogP contribution < -0.4 is 5.73 Å². The van der Waals surface area contributed by atoms with Crippen molar-refractivity contribution < 1.29 is 0 Å². The van der Waals surface area contributed by atoms with E-state index in [1.165, 1.54) is 25.7 Å². The first kappa shape index (κ1) is 17.6. The third-order valence-electron chi connectivity index (χ3n) is 4.27. The molecule has 3 atom stereocenters. The van der Waals surface area contributed by atoms with Crippen molar-refractivity contribution in [2.45, 2.75) is 59.8 Å². The molecule has 2 nitrogen and oxygen atoms in total. The van der Waals surface area contributed by atoms with Gasteiger partial charge in [0.1, 0.15) is 5.84 Å². The lowest BCUT2D eigenvalue weighted by molar-refractivity contribution is 0.438. The summed E-state index contributed by atoms with van der Waals surface area (Å²) in [6, 6.07) is 0. The summed E-state index contributed by atoms with van der Waals surface area (Å²) >= 11 is 0. The molecule has 0 amide bonds. The van der Waals surface area contributed by atoms with Crippen LogP contribution in [-0.4, -0.2) is 5.84 Å². The minimum absolute atomic E-state index is 0.308.